The first-order chi connectivity index (χ1) is 25.8. The molecule has 10 N–H and O–H groups in total. The van der Waals surface area contributed by atoms with E-state index < -0.39 is 54.4 Å². The Morgan fingerprint density at radius 2 is 1.22 bits per heavy atom. The molecule has 2 aliphatic rings. The van der Waals surface area contributed by atoms with Crippen molar-refractivity contribution in [2.45, 2.75) is 161 Å². The van der Waals surface area contributed by atoms with Crippen LogP contribution in [0.4, 0.5) is 0 Å². The molecule has 8 atom stereocenters. The minimum Gasteiger partial charge on any atom is -0.481 e. The van der Waals surface area contributed by atoms with Gasteiger partial charge in [-0.3, -0.25) is 33.6 Å². The lowest BCUT2D eigenvalue weighted by molar-refractivity contribution is -0.140. The molecule has 16 heteroatoms. The summed E-state index contributed by atoms with van der Waals surface area (Å²) in [6.45, 7) is 12.7. The number of carbonyl (C=O) groups excluding carboxylic acids is 5. The number of carboxylic acids is 2. The number of hydrogen-bond donors (Lipinski definition) is 9. The SMILES string of the molecule is CC(C)C[C@@H](CC(=O)N[C@H](CC(=O)N[C@@H]1CCNC[C@H]1C(=O)N[C@H](CC(=O)N[C@@H](CCC(=O)O)CC(=O)O)CC(C)C)C(C)C)NC(=O)[C@@H]1CCCC[C@H]1N. The summed E-state index contributed by atoms with van der Waals surface area (Å²) in [7, 11) is 0. The average molecular weight is 780 g/mol. The minimum absolute atomic E-state index is 0.00462. The molecule has 1 heterocycles. The quantitative estimate of drug-likeness (QED) is 0.0723. The Morgan fingerprint density at radius 1 is 0.655 bits per heavy atom. The first-order valence-electron chi connectivity index (χ1n) is 20.2. The summed E-state index contributed by atoms with van der Waals surface area (Å²) < 4.78 is 0. The van der Waals surface area contributed by atoms with Gasteiger partial charge in [-0.05, 0) is 62.8 Å². The summed E-state index contributed by atoms with van der Waals surface area (Å²) in [4.78, 5) is 88.9. The van der Waals surface area contributed by atoms with Crippen LogP contribution in [0.25, 0.3) is 0 Å². The number of aliphatic carboxylic acids is 2. The number of piperidine rings is 1. The summed E-state index contributed by atoms with van der Waals surface area (Å²) in [6, 6.07) is -3.00. The van der Waals surface area contributed by atoms with Gasteiger partial charge in [-0.15, -0.1) is 0 Å². The largest absolute Gasteiger partial charge is 0.481 e. The van der Waals surface area contributed by atoms with Gasteiger partial charge < -0.3 is 47.8 Å². The van der Waals surface area contributed by atoms with Crippen molar-refractivity contribution in [3.05, 3.63) is 0 Å². The third-order valence-electron chi connectivity index (χ3n) is 10.4. The second kappa shape index (κ2) is 24.0. The van der Waals surface area contributed by atoms with E-state index in [1.54, 1.807) is 0 Å². The summed E-state index contributed by atoms with van der Waals surface area (Å²) in [5.74, 6) is -4.44. The highest BCUT2D eigenvalue weighted by Gasteiger charge is 2.35. The summed E-state index contributed by atoms with van der Waals surface area (Å²) >= 11 is 0. The maximum absolute atomic E-state index is 13.7. The first-order valence-corrected chi connectivity index (χ1v) is 20.2. The van der Waals surface area contributed by atoms with Crippen molar-refractivity contribution in [2.75, 3.05) is 13.1 Å². The van der Waals surface area contributed by atoms with Gasteiger partial charge in [0, 0.05) is 68.5 Å². The molecule has 314 valence electrons. The Labute approximate surface area is 326 Å². The Bertz CT molecular complexity index is 1290. The fourth-order valence-corrected chi connectivity index (χ4v) is 7.59. The zero-order valence-electron chi connectivity index (χ0n) is 33.8. The van der Waals surface area contributed by atoms with Crippen LogP contribution in [-0.4, -0.2) is 101 Å². The molecule has 16 nitrogen and oxygen atoms in total. The Morgan fingerprint density at radius 3 is 1.75 bits per heavy atom. The van der Waals surface area contributed by atoms with Crippen molar-refractivity contribution < 1.29 is 43.8 Å². The van der Waals surface area contributed by atoms with Crippen molar-refractivity contribution in [1.29, 1.82) is 0 Å². The Kier molecular flexibility index (Phi) is 20.6. The highest BCUT2D eigenvalue weighted by molar-refractivity contribution is 5.85. The molecule has 0 spiro atoms. The number of amides is 5. The zero-order valence-corrected chi connectivity index (χ0v) is 33.8. The predicted octanol–water partition coefficient (Wildman–Crippen LogP) is 1.80. The smallest absolute Gasteiger partial charge is 0.305 e. The van der Waals surface area contributed by atoms with Crippen molar-refractivity contribution in [2.24, 2.45) is 35.3 Å². The van der Waals surface area contributed by atoms with E-state index in [4.69, 9.17) is 10.8 Å². The van der Waals surface area contributed by atoms with Gasteiger partial charge in [0.1, 0.15) is 0 Å². The van der Waals surface area contributed by atoms with Gasteiger partial charge >= 0.3 is 11.9 Å². The maximum atomic E-state index is 13.7. The second-order valence-corrected chi connectivity index (χ2v) is 16.8. The van der Waals surface area contributed by atoms with Crippen LogP contribution in [0.1, 0.15) is 125 Å². The zero-order chi connectivity index (χ0) is 41.2. The molecule has 2 fully saturated rings. The molecule has 5 amide bonds. The van der Waals surface area contributed by atoms with Crippen LogP contribution < -0.4 is 37.6 Å². The molecule has 1 saturated carbocycles. The van der Waals surface area contributed by atoms with Crippen molar-refractivity contribution in [3.8, 4) is 0 Å². The van der Waals surface area contributed by atoms with Gasteiger partial charge in [0.15, 0.2) is 0 Å². The highest BCUT2D eigenvalue weighted by Crippen LogP contribution is 2.24. The van der Waals surface area contributed by atoms with Crippen molar-refractivity contribution in [3.63, 3.8) is 0 Å². The van der Waals surface area contributed by atoms with E-state index in [1.807, 2.05) is 41.5 Å². The highest BCUT2D eigenvalue weighted by atomic mass is 16.4. The maximum Gasteiger partial charge on any atom is 0.305 e. The first kappa shape index (κ1) is 47.4. The van der Waals surface area contributed by atoms with Crippen molar-refractivity contribution in [1.82, 2.24) is 31.9 Å². The number of carboxylic acid groups (broad SMARTS) is 2. The molecule has 0 radical (unpaired) electrons. The molecular formula is C39H69N7O9. The summed E-state index contributed by atoms with van der Waals surface area (Å²) in [5.41, 5.74) is 6.25. The predicted molar refractivity (Wildman–Crippen MR) is 207 cm³/mol. The van der Waals surface area contributed by atoms with E-state index >= 15 is 0 Å². The summed E-state index contributed by atoms with van der Waals surface area (Å²) in [6.07, 6.45) is 4.24. The van der Waals surface area contributed by atoms with E-state index in [0.29, 0.717) is 32.4 Å². The fourth-order valence-electron chi connectivity index (χ4n) is 7.59. The lowest BCUT2D eigenvalue weighted by Gasteiger charge is -2.34. The van der Waals surface area contributed by atoms with Crippen LogP contribution in [0.5, 0.6) is 0 Å². The summed E-state index contributed by atoms with van der Waals surface area (Å²) in [5, 5.41) is 36.2. The molecule has 0 bridgehead atoms. The third-order valence-corrected chi connectivity index (χ3v) is 10.4. The number of nitrogens with one attached hydrogen (secondary N) is 6. The normalized spacial score (nSPS) is 22.2. The van der Waals surface area contributed by atoms with Crippen LogP contribution in [0.15, 0.2) is 0 Å². The fraction of sp³-hybridized carbons (Fsp3) is 0.821. The monoisotopic (exact) mass is 780 g/mol. The number of carbonyl (C=O) groups is 7. The molecule has 0 unspecified atom stereocenters. The molecule has 55 heavy (non-hydrogen) atoms. The van der Waals surface area contributed by atoms with Crippen LogP contribution in [0.3, 0.4) is 0 Å². The molecule has 1 saturated heterocycles. The topological polar surface area (TPSA) is 258 Å². The number of nitrogens with two attached hydrogens (primary N) is 1. The molecule has 0 aromatic heterocycles. The molecule has 1 aliphatic heterocycles. The van der Waals surface area contributed by atoms with Crippen LogP contribution in [-0.2, 0) is 33.6 Å². The van der Waals surface area contributed by atoms with Crippen LogP contribution >= 0.6 is 0 Å². The van der Waals surface area contributed by atoms with Gasteiger partial charge in [-0.25, -0.2) is 0 Å². The van der Waals surface area contributed by atoms with E-state index in [0.717, 1.165) is 25.7 Å². The lowest BCUT2D eigenvalue weighted by Crippen LogP contribution is -2.57. The molecule has 1 aliphatic carbocycles. The van der Waals surface area contributed by atoms with Crippen LogP contribution in [0, 0.1) is 29.6 Å². The number of rotatable bonds is 23. The van der Waals surface area contributed by atoms with Crippen LogP contribution in [0.2, 0.25) is 0 Å². The molecule has 2 rings (SSSR count). The minimum atomic E-state index is -1.17. The lowest BCUT2D eigenvalue weighted by atomic mass is 9.84. The van der Waals surface area contributed by atoms with Crippen molar-refractivity contribution >= 4 is 41.5 Å². The second-order valence-electron chi connectivity index (χ2n) is 16.8. The van der Waals surface area contributed by atoms with Gasteiger partial charge in [0.05, 0.1) is 18.3 Å². The number of hydrogen-bond acceptors (Lipinski definition) is 9. The van der Waals surface area contributed by atoms with Gasteiger partial charge in [0.25, 0.3) is 0 Å². The van der Waals surface area contributed by atoms with E-state index in [-0.39, 0.29) is 91.5 Å². The molecule has 0 aromatic carbocycles. The molecule has 0 aromatic rings. The Balaban J connectivity index is 2.03. The van der Waals surface area contributed by atoms with Gasteiger partial charge in [-0.1, -0.05) is 54.4 Å². The van der Waals surface area contributed by atoms with E-state index in [9.17, 15) is 38.7 Å². The van der Waals surface area contributed by atoms with E-state index in [1.165, 1.54) is 0 Å². The van der Waals surface area contributed by atoms with Gasteiger partial charge in [-0.2, -0.15) is 0 Å². The van der Waals surface area contributed by atoms with E-state index in [2.05, 4.69) is 31.9 Å². The Hall–Kier alpha value is -3.79. The van der Waals surface area contributed by atoms with Gasteiger partial charge in [0.2, 0.25) is 29.5 Å². The standard InChI is InChI=1S/C39H69N7O9/c1-22(2)15-26(17-33(47)42-25(19-37(52)53)11-12-36(50)51)44-39(55)29-21-41-14-13-31(29)45-35(49)20-32(24(5)6)46-34(48)18-27(16-23(3)4)43-38(54)28-9-7-8-10-30(28)40/h22-32,41H,7-21,40H2,1-6H3,(H,42,47)(H,43,54)(H,44,55)(H,45,49)(H,46,48)(H,50,51)(H,52,53)/t25-,26-,27-,28+,29+,30+,31+,32+/m0/s1. The average Bonchev–Trinajstić information content (AvgIpc) is 3.06. The third kappa shape index (κ3) is 18.6. The molecular weight excluding hydrogens is 710 g/mol.